The normalized spacial score (nSPS) is 10.8. The monoisotopic (exact) mass is 245 g/mol. The van der Waals surface area contributed by atoms with Crippen LogP contribution in [0.3, 0.4) is 0 Å². The van der Waals surface area contributed by atoms with Crippen LogP contribution in [-0.4, -0.2) is 6.29 Å². The first-order valence-corrected chi connectivity index (χ1v) is 6.38. The van der Waals surface area contributed by atoms with Crippen LogP contribution in [0.25, 0.3) is 10.4 Å². The Kier molecular flexibility index (Phi) is 3.29. The average molecular weight is 245 g/mol. The van der Waals surface area contributed by atoms with Gasteiger partial charge in [0.15, 0.2) is 6.29 Å². The van der Waals surface area contributed by atoms with E-state index in [0.29, 0.717) is 5.92 Å². The molecule has 0 bridgehead atoms. The van der Waals surface area contributed by atoms with Crippen LogP contribution in [0, 0.1) is 0 Å². The SMILES string of the molecule is CC(C)c1ccc(-c2ccc(C=O)s2)cc1N. The summed E-state index contributed by atoms with van der Waals surface area (Å²) in [5.41, 5.74) is 9.09. The quantitative estimate of drug-likeness (QED) is 0.657. The molecular formula is C14H15NOS. The highest BCUT2D eigenvalue weighted by Crippen LogP contribution is 2.31. The summed E-state index contributed by atoms with van der Waals surface area (Å²) in [6, 6.07) is 9.90. The van der Waals surface area contributed by atoms with E-state index in [4.69, 9.17) is 5.73 Å². The van der Waals surface area contributed by atoms with Crippen molar-refractivity contribution < 1.29 is 4.79 Å². The predicted molar refractivity (Wildman–Crippen MR) is 73.6 cm³/mol. The first-order valence-electron chi connectivity index (χ1n) is 5.56. The van der Waals surface area contributed by atoms with E-state index in [1.54, 1.807) is 0 Å². The standard InChI is InChI=1S/C14H15NOS/c1-9(2)12-5-3-10(7-13(12)15)14-6-4-11(8-16)17-14/h3-9H,15H2,1-2H3. The van der Waals surface area contributed by atoms with Gasteiger partial charge in [-0.2, -0.15) is 0 Å². The number of hydrogen-bond acceptors (Lipinski definition) is 3. The molecule has 0 aliphatic carbocycles. The van der Waals surface area contributed by atoms with Crippen LogP contribution in [0.15, 0.2) is 30.3 Å². The number of nitrogen functional groups attached to an aromatic ring is 1. The van der Waals surface area contributed by atoms with Gasteiger partial charge in [0.1, 0.15) is 0 Å². The second-order valence-electron chi connectivity index (χ2n) is 4.32. The van der Waals surface area contributed by atoms with Crippen LogP contribution in [0.2, 0.25) is 0 Å². The highest BCUT2D eigenvalue weighted by molar-refractivity contribution is 7.17. The van der Waals surface area contributed by atoms with Gasteiger partial charge in [-0.3, -0.25) is 4.79 Å². The third kappa shape index (κ3) is 2.39. The Morgan fingerprint density at radius 2 is 2.00 bits per heavy atom. The van der Waals surface area contributed by atoms with Crippen LogP contribution < -0.4 is 5.73 Å². The molecule has 0 radical (unpaired) electrons. The van der Waals surface area contributed by atoms with Crippen molar-refractivity contribution in [2.75, 3.05) is 5.73 Å². The fourth-order valence-electron chi connectivity index (χ4n) is 1.83. The molecule has 2 rings (SSSR count). The van der Waals surface area contributed by atoms with Crippen molar-refractivity contribution in [2.24, 2.45) is 0 Å². The number of benzene rings is 1. The minimum absolute atomic E-state index is 0.429. The third-order valence-corrected chi connectivity index (χ3v) is 3.80. The van der Waals surface area contributed by atoms with E-state index >= 15 is 0 Å². The molecule has 0 fully saturated rings. The first kappa shape index (κ1) is 11.9. The molecule has 0 aliphatic heterocycles. The Morgan fingerprint density at radius 1 is 1.24 bits per heavy atom. The summed E-state index contributed by atoms with van der Waals surface area (Å²) >= 11 is 1.49. The fourth-order valence-corrected chi connectivity index (χ4v) is 2.64. The van der Waals surface area contributed by atoms with Crippen molar-refractivity contribution in [1.29, 1.82) is 0 Å². The number of thiophene rings is 1. The molecule has 0 amide bonds. The molecule has 0 saturated carbocycles. The minimum Gasteiger partial charge on any atom is -0.398 e. The highest BCUT2D eigenvalue weighted by Gasteiger charge is 2.07. The Morgan fingerprint density at radius 3 is 2.53 bits per heavy atom. The maximum Gasteiger partial charge on any atom is 0.160 e. The lowest BCUT2D eigenvalue weighted by Gasteiger charge is -2.10. The maximum atomic E-state index is 10.6. The summed E-state index contributed by atoms with van der Waals surface area (Å²) in [6.07, 6.45) is 0.875. The molecule has 3 heteroatoms. The van der Waals surface area contributed by atoms with Gasteiger partial charge < -0.3 is 5.73 Å². The first-order chi connectivity index (χ1) is 8.11. The smallest absolute Gasteiger partial charge is 0.160 e. The molecule has 0 aliphatic rings. The Labute approximate surface area is 105 Å². The lowest BCUT2D eigenvalue weighted by atomic mass is 9.99. The van der Waals surface area contributed by atoms with Gasteiger partial charge in [0.05, 0.1) is 4.88 Å². The van der Waals surface area contributed by atoms with E-state index in [1.165, 1.54) is 16.9 Å². The zero-order valence-corrected chi connectivity index (χ0v) is 10.8. The lowest BCUT2D eigenvalue weighted by molar-refractivity contribution is 0.112. The molecule has 1 heterocycles. The second kappa shape index (κ2) is 4.72. The van der Waals surface area contributed by atoms with Crippen LogP contribution in [0.1, 0.15) is 35.0 Å². The summed E-state index contributed by atoms with van der Waals surface area (Å²) in [7, 11) is 0. The van der Waals surface area contributed by atoms with E-state index in [-0.39, 0.29) is 0 Å². The van der Waals surface area contributed by atoms with Crippen molar-refractivity contribution in [3.63, 3.8) is 0 Å². The van der Waals surface area contributed by atoms with Crippen molar-refractivity contribution >= 4 is 23.3 Å². The molecule has 88 valence electrons. The molecule has 0 spiro atoms. The molecule has 1 aromatic carbocycles. The number of carbonyl (C=O) groups excluding carboxylic acids is 1. The molecule has 2 aromatic rings. The number of anilines is 1. The Bertz CT molecular complexity index is 543. The Balaban J connectivity index is 2.40. The van der Waals surface area contributed by atoms with Gasteiger partial charge in [-0.1, -0.05) is 26.0 Å². The van der Waals surface area contributed by atoms with Crippen molar-refractivity contribution in [1.82, 2.24) is 0 Å². The van der Waals surface area contributed by atoms with E-state index in [2.05, 4.69) is 26.0 Å². The molecule has 2 nitrogen and oxygen atoms in total. The highest BCUT2D eigenvalue weighted by atomic mass is 32.1. The molecule has 2 N–H and O–H groups in total. The van der Waals surface area contributed by atoms with Gasteiger partial charge >= 0.3 is 0 Å². The number of carbonyl (C=O) groups is 1. The molecule has 0 atom stereocenters. The van der Waals surface area contributed by atoms with E-state index < -0.39 is 0 Å². The molecule has 17 heavy (non-hydrogen) atoms. The Hall–Kier alpha value is -1.61. The zero-order valence-electron chi connectivity index (χ0n) is 9.94. The van der Waals surface area contributed by atoms with Crippen LogP contribution in [0.5, 0.6) is 0 Å². The van der Waals surface area contributed by atoms with Gasteiger partial charge in [-0.05, 0) is 35.2 Å². The van der Waals surface area contributed by atoms with E-state index in [0.717, 1.165) is 27.3 Å². The minimum atomic E-state index is 0.429. The van der Waals surface area contributed by atoms with Gasteiger partial charge in [-0.15, -0.1) is 11.3 Å². The van der Waals surface area contributed by atoms with Gasteiger partial charge in [0.25, 0.3) is 0 Å². The van der Waals surface area contributed by atoms with Crippen LogP contribution in [-0.2, 0) is 0 Å². The number of rotatable bonds is 3. The van der Waals surface area contributed by atoms with Crippen molar-refractivity contribution in [2.45, 2.75) is 19.8 Å². The van der Waals surface area contributed by atoms with Crippen molar-refractivity contribution in [3.05, 3.63) is 40.8 Å². The van der Waals surface area contributed by atoms with Gasteiger partial charge in [0, 0.05) is 10.6 Å². The molecule has 0 saturated heterocycles. The van der Waals surface area contributed by atoms with E-state index in [9.17, 15) is 4.79 Å². The zero-order chi connectivity index (χ0) is 12.4. The van der Waals surface area contributed by atoms with Crippen LogP contribution >= 0.6 is 11.3 Å². The predicted octanol–water partition coefficient (Wildman–Crippen LogP) is 3.93. The summed E-state index contributed by atoms with van der Waals surface area (Å²) in [6.45, 7) is 4.25. The average Bonchev–Trinajstić information content (AvgIpc) is 2.76. The third-order valence-electron chi connectivity index (χ3n) is 2.74. The molecular weight excluding hydrogens is 230 g/mol. The lowest BCUT2D eigenvalue weighted by Crippen LogP contribution is -1.96. The summed E-state index contributed by atoms with van der Waals surface area (Å²) in [5.74, 6) is 0.429. The van der Waals surface area contributed by atoms with Crippen molar-refractivity contribution in [3.8, 4) is 10.4 Å². The second-order valence-corrected chi connectivity index (χ2v) is 5.43. The number of aldehydes is 1. The fraction of sp³-hybridized carbons (Fsp3) is 0.214. The van der Waals surface area contributed by atoms with Gasteiger partial charge in [-0.25, -0.2) is 0 Å². The molecule has 1 aromatic heterocycles. The topological polar surface area (TPSA) is 43.1 Å². The van der Waals surface area contributed by atoms with E-state index in [1.807, 2.05) is 18.2 Å². The van der Waals surface area contributed by atoms with Crippen LogP contribution in [0.4, 0.5) is 5.69 Å². The summed E-state index contributed by atoms with van der Waals surface area (Å²) in [5, 5.41) is 0. The summed E-state index contributed by atoms with van der Waals surface area (Å²) in [4.78, 5) is 12.5. The molecule has 0 unspecified atom stereocenters. The number of hydrogen-bond donors (Lipinski definition) is 1. The summed E-state index contributed by atoms with van der Waals surface area (Å²) < 4.78 is 0. The number of nitrogens with two attached hydrogens (primary N) is 1. The maximum absolute atomic E-state index is 10.6. The largest absolute Gasteiger partial charge is 0.398 e. The van der Waals surface area contributed by atoms with Gasteiger partial charge in [0.2, 0.25) is 0 Å².